The number of H-pyrrole nitrogens is 1. The highest BCUT2D eigenvalue weighted by molar-refractivity contribution is 5.98. The van der Waals surface area contributed by atoms with E-state index in [0.717, 1.165) is 16.7 Å². The molecule has 19 heavy (non-hydrogen) atoms. The van der Waals surface area contributed by atoms with E-state index in [0.29, 0.717) is 12.3 Å². The maximum atomic E-state index is 12.0. The highest BCUT2D eigenvalue weighted by atomic mass is 16.5. The molecule has 5 heteroatoms. The lowest BCUT2D eigenvalue weighted by atomic mass is 10.2. The molecule has 1 aromatic carbocycles. The number of amides is 1. The highest BCUT2D eigenvalue weighted by Crippen LogP contribution is 2.21. The van der Waals surface area contributed by atoms with Crippen molar-refractivity contribution >= 4 is 16.8 Å². The lowest BCUT2D eigenvalue weighted by molar-refractivity contribution is 0.0901. The smallest absolute Gasteiger partial charge is 0.268 e. The van der Waals surface area contributed by atoms with Crippen LogP contribution in [0.2, 0.25) is 0 Å². The Labute approximate surface area is 111 Å². The molecule has 102 valence electrons. The number of aromatic amines is 1. The molecule has 1 atom stereocenters. The number of carbonyl (C=O) groups excluding carboxylic acids is 1. The van der Waals surface area contributed by atoms with Crippen LogP contribution in [-0.2, 0) is 4.74 Å². The van der Waals surface area contributed by atoms with E-state index in [1.54, 1.807) is 14.2 Å². The summed E-state index contributed by atoms with van der Waals surface area (Å²) < 4.78 is 10.1. The summed E-state index contributed by atoms with van der Waals surface area (Å²) in [5.41, 5.74) is 1.44. The van der Waals surface area contributed by atoms with Gasteiger partial charge in [0.05, 0.1) is 13.7 Å². The van der Waals surface area contributed by atoms with Crippen LogP contribution in [0.1, 0.15) is 17.4 Å². The standard InChI is InChI=1S/C14H18N2O3/c1-9(8-18-2)15-14(17)13-7-10-6-11(19-3)4-5-12(10)16-13/h4-7,9,16H,8H2,1-3H3,(H,15,17)/t9-/m0/s1. The minimum Gasteiger partial charge on any atom is -0.497 e. The van der Waals surface area contributed by atoms with Crippen LogP contribution >= 0.6 is 0 Å². The van der Waals surface area contributed by atoms with Gasteiger partial charge in [-0.25, -0.2) is 0 Å². The molecule has 5 nitrogen and oxygen atoms in total. The Morgan fingerprint density at radius 1 is 1.37 bits per heavy atom. The monoisotopic (exact) mass is 262 g/mol. The second-order valence-electron chi connectivity index (χ2n) is 4.47. The van der Waals surface area contributed by atoms with Gasteiger partial charge in [-0.1, -0.05) is 0 Å². The number of nitrogens with one attached hydrogen (secondary N) is 2. The maximum Gasteiger partial charge on any atom is 0.268 e. The SMILES string of the molecule is COC[C@H](C)NC(=O)c1cc2cc(OC)ccc2[nH]1. The van der Waals surface area contributed by atoms with E-state index in [1.165, 1.54) is 0 Å². The van der Waals surface area contributed by atoms with E-state index in [4.69, 9.17) is 9.47 Å². The van der Waals surface area contributed by atoms with Crippen molar-refractivity contribution in [3.8, 4) is 5.75 Å². The lowest BCUT2D eigenvalue weighted by Crippen LogP contribution is -2.35. The predicted molar refractivity (Wildman–Crippen MR) is 73.7 cm³/mol. The fraction of sp³-hybridized carbons (Fsp3) is 0.357. The van der Waals surface area contributed by atoms with E-state index in [9.17, 15) is 4.79 Å². The number of fused-ring (bicyclic) bond motifs is 1. The first-order valence-electron chi connectivity index (χ1n) is 6.10. The van der Waals surface area contributed by atoms with Crippen LogP contribution in [0.4, 0.5) is 0 Å². The Morgan fingerprint density at radius 2 is 2.16 bits per heavy atom. The average Bonchev–Trinajstić information content (AvgIpc) is 2.81. The van der Waals surface area contributed by atoms with Crippen molar-refractivity contribution in [3.63, 3.8) is 0 Å². The first kappa shape index (κ1) is 13.4. The number of ether oxygens (including phenoxy) is 2. The number of benzene rings is 1. The van der Waals surface area contributed by atoms with Gasteiger partial charge in [0.25, 0.3) is 5.91 Å². The van der Waals surface area contributed by atoms with E-state index in [-0.39, 0.29) is 11.9 Å². The molecule has 2 rings (SSSR count). The minimum atomic E-state index is -0.139. The molecule has 0 unspecified atom stereocenters. The van der Waals surface area contributed by atoms with Gasteiger partial charge in [0.2, 0.25) is 0 Å². The van der Waals surface area contributed by atoms with Crippen LogP contribution in [0, 0.1) is 0 Å². The van der Waals surface area contributed by atoms with Crippen LogP contribution in [0.3, 0.4) is 0 Å². The summed E-state index contributed by atoms with van der Waals surface area (Å²) in [5, 5.41) is 3.81. The fourth-order valence-corrected chi connectivity index (χ4v) is 1.95. The highest BCUT2D eigenvalue weighted by Gasteiger charge is 2.12. The van der Waals surface area contributed by atoms with Crippen LogP contribution in [0.5, 0.6) is 5.75 Å². The Balaban J connectivity index is 2.18. The Bertz CT molecular complexity index is 577. The van der Waals surface area contributed by atoms with E-state index < -0.39 is 0 Å². The first-order chi connectivity index (χ1) is 9.13. The van der Waals surface area contributed by atoms with Crippen molar-refractivity contribution in [1.82, 2.24) is 10.3 Å². The molecule has 1 heterocycles. The van der Waals surface area contributed by atoms with Crippen LogP contribution in [0.15, 0.2) is 24.3 Å². The van der Waals surface area contributed by atoms with Gasteiger partial charge in [-0.05, 0) is 31.2 Å². The summed E-state index contributed by atoms with van der Waals surface area (Å²) in [5.74, 6) is 0.630. The largest absolute Gasteiger partial charge is 0.497 e. The number of carbonyl (C=O) groups is 1. The van der Waals surface area contributed by atoms with Gasteiger partial charge in [0.15, 0.2) is 0 Å². The second kappa shape index (κ2) is 5.75. The molecule has 0 saturated heterocycles. The second-order valence-corrected chi connectivity index (χ2v) is 4.47. The third-order valence-corrected chi connectivity index (χ3v) is 2.87. The molecule has 0 aliphatic carbocycles. The molecule has 2 N–H and O–H groups in total. The maximum absolute atomic E-state index is 12.0. The van der Waals surface area contributed by atoms with Crippen molar-refractivity contribution in [3.05, 3.63) is 30.0 Å². The summed E-state index contributed by atoms with van der Waals surface area (Å²) in [4.78, 5) is 15.1. The van der Waals surface area contributed by atoms with Crippen molar-refractivity contribution < 1.29 is 14.3 Å². The van der Waals surface area contributed by atoms with E-state index >= 15 is 0 Å². The molecule has 0 aliphatic heterocycles. The van der Waals surface area contributed by atoms with E-state index in [1.807, 2.05) is 31.2 Å². The summed E-state index contributed by atoms with van der Waals surface area (Å²) in [6.45, 7) is 2.38. The van der Waals surface area contributed by atoms with E-state index in [2.05, 4.69) is 10.3 Å². The van der Waals surface area contributed by atoms with Crippen LogP contribution in [0.25, 0.3) is 10.9 Å². The quantitative estimate of drug-likeness (QED) is 0.865. The summed E-state index contributed by atoms with van der Waals surface area (Å²) in [6.07, 6.45) is 0. The van der Waals surface area contributed by atoms with Gasteiger partial charge < -0.3 is 19.8 Å². The third-order valence-electron chi connectivity index (χ3n) is 2.87. The Kier molecular flexibility index (Phi) is 4.06. The van der Waals surface area contributed by atoms with Crippen molar-refractivity contribution in [2.24, 2.45) is 0 Å². The van der Waals surface area contributed by atoms with Crippen LogP contribution < -0.4 is 10.1 Å². The molecule has 0 saturated carbocycles. The minimum absolute atomic E-state index is 0.0292. The first-order valence-corrected chi connectivity index (χ1v) is 6.10. The van der Waals surface area contributed by atoms with Gasteiger partial charge in [-0.3, -0.25) is 4.79 Å². The Hall–Kier alpha value is -2.01. The normalized spacial score (nSPS) is 12.4. The van der Waals surface area contributed by atoms with Gasteiger partial charge in [0.1, 0.15) is 11.4 Å². The number of hydrogen-bond acceptors (Lipinski definition) is 3. The molecule has 2 aromatic rings. The lowest BCUT2D eigenvalue weighted by Gasteiger charge is -2.11. The molecular formula is C14H18N2O3. The van der Waals surface area contributed by atoms with Gasteiger partial charge >= 0.3 is 0 Å². The molecule has 0 fully saturated rings. The van der Waals surface area contributed by atoms with Gasteiger partial charge in [0, 0.05) is 24.1 Å². The zero-order valence-electron chi connectivity index (χ0n) is 11.3. The summed E-state index contributed by atoms with van der Waals surface area (Å²) in [7, 11) is 3.23. The van der Waals surface area contributed by atoms with Gasteiger partial charge in [-0.2, -0.15) is 0 Å². The molecular weight excluding hydrogens is 244 g/mol. The van der Waals surface area contributed by atoms with Crippen LogP contribution in [-0.4, -0.2) is 37.8 Å². The molecule has 0 spiro atoms. The molecule has 1 amide bonds. The molecule has 0 bridgehead atoms. The third kappa shape index (κ3) is 3.06. The van der Waals surface area contributed by atoms with Crippen molar-refractivity contribution in [1.29, 1.82) is 0 Å². The van der Waals surface area contributed by atoms with Crippen molar-refractivity contribution in [2.75, 3.05) is 20.8 Å². The number of hydrogen-bond donors (Lipinski definition) is 2. The average molecular weight is 262 g/mol. The molecule has 0 radical (unpaired) electrons. The molecule has 1 aromatic heterocycles. The molecule has 0 aliphatic rings. The predicted octanol–water partition coefficient (Wildman–Crippen LogP) is 1.94. The summed E-state index contributed by atoms with van der Waals surface area (Å²) in [6, 6.07) is 7.42. The Morgan fingerprint density at radius 3 is 2.84 bits per heavy atom. The van der Waals surface area contributed by atoms with Gasteiger partial charge in [-0.15, -0.1) is 0 Å². The number of methoxy groups -OCH3 is 2. The zero-order valence-corrected chi connectivity index (χ0v) is 11.3. The number of rotatable bonds is 5. The zero-order chi connectivity index (χ0) is 13.8. The summed E-state index contributed by atoms with van der Waals surface area (Å²) >= 11 is 0. The fourth-order valence-electron chi connectivity index (χ4n) is 1.95. The number of aromatic nitrogens is 1. The van der Waals surface area contributed by atoms with Crippen molar-refractivity contribution in [2.45, 2.75) is 13.0 Å². The topological polar surface area (TPSA) is 63.4 Å².